The molecule has 0 aliphatic heterocycles. The highest BCUT2D eigenvalue weighted by Crippen LogP contribution is 2.25. The zero-order chi connectivity index (χ0) is 9.80. The van der Waals surface area contributed by atoms with E-state index in [0.29, 0.717) is 5.75 Å². The fourth-order valence-electron chi connectivity index (χ4n) is 1.12. The number of phenols is 1. The largest absolute Gasteiger partial charge is 0.508 e. The van der Waals surface area contributed by atoms with Gasteiger partial charge in [0.25, 0.3) is 0 Å². The first-order valence-electron chi connectivity index (χ1n) is 4.29. The summed E-state index contributed by atoms with van der Waals surface area (Å²) in [6.45, 7) is 0. The van der Waals surface area contributed by atoms with E-state index in [-0.39, 0.29) is 0 Å². The van der Waals surface area contributed by atoms with Gasteiger partial charge in [0.1, 0.15) is 11.5 Å². The van der Waals surface area contributed by atoms with Crippen LogP contribution in [0, 0.1) is 0 Å². The van der Waals surface area contributed by atoms with Gasteiger partial charge in [0, 0.05) is 4.90 Å². The van der Waals surface area contributed by atoms with Gasteiger partial charge in [-0.05, 0) is 30.3 Å². The van der Waals surface area contributed by atoms with Crippen molar-refractivity contribution in [3.63, 3.8) is 0 Å². The fraction of sp³-hybridized carbons (Fsp3) is 0.0909. The lowest BCUT2D eigenvalue weighted by Crippen LogP contribution is -1.75. The van der Waals surface area contributed by atoms with Crippen molar-refractivity contribution >= 4 is 11.8 Å². The first-order valence-corrected chi connectivity index (χ1v) is 5.27. The number of thioether (sulfide) groups is 1. The Bertz CT molecular complexity index is 395. The van der Waals surface area contributed by atoms with Crippen LogP contribution in [0.3, 0.4) is 0 Å². The maximum atomic E-state index is 9.23. The molecule has 0 saturated heterocycles. The Hall–Kier alpha value is -1.35. The van der Waals surface area contributed by atoms with E-state index >= 15 is 0 Å². The number of aromatic hydroxyl groups is 1. The van der Waals surface area contributed by atoms with Gasteiger partial charge >= 0.3 is 0 Å². The standard InChI is InChI=1S/C11H10O2S/c12-9-3-1-5-11(7-9)14-8-10-4-2-6-13-10/h1-7,12H,8H2. The molecule has 0 saturated carbocycles. The van der Waals surface area contributed by atoms with Crippen molar-refractivity contribution in [2.45, 2.75) is 10.6 Å². The molecule has 1 heterocycles. The van der Waals surface area contributed by atoms with Gasteiger partial charge in [-0.25, -0.2) is 0 Å². The Morgan fingerprint density at radius 3 is 2.86 bits per heavy atom. The minimum atomic E-state index is 0.300. The first-order chi connectivity index (χ1) is 6.84. The van der Waals surface area contributed by atoms with Gasteiger partial charge < -0.3 is 9.52 Å². The van der Waals surface area contributed by atoms with Gasteiger partial charge in [0.15, 0.2) is 0 Å². The van der Waals surface area contributed by atoms with Gasteiger partial charge in [-0.3, -0.25) is 0 Å². The summed E-state index contributed by atoms with van der Waals surface area (Å²) in [5.74, 6) is 2.03. The Kier molecular flexibility index (Phi) is 2.79. The normalized spacial score (nSPS) is 10.3. The molecule has 1 aromatic heterocycles. The van der Waals surface area contributed by atoms with Crippen LogP contribution in [0.4, 0.5) is 0 Å². The van der Waals surface area contributed by atoms with E-state index in [9.17, 15) is 5.11 Å². The van der Waals surface area contributed by atoms with E-state index < -0.39 is 0 Å². The molecule has 2 rings (SSSR count). The monoisotopic (exact) mass is 206 g/mol. The molecule has 0 atom stereocenters. The molecule has 3 heteroatoms. The van der Waals surface area contributed by atoms with Crippen LogP contribution < -0.4 is 0 Å². The molecular weight excluding hydrogens is 196 g/mol. The van der Waals surface area contributed by atoms with Crippen LogP contribution in [0.1, 0.15) is 5.76 Å². The molecule has 2 nitrogen and oxygen atoms in total. The topological polar surface area (TPSA) is 33.4 Å². The van der Waals surface area contributed by atoms with Crippen LogP contribution in [-0.4, -0.2) is 5.11 Å². The molecule has 14 heavy (non-hydrogen) atoms. The lowest BCUT2D eigenvalue weighted by Gasteiger charge is -1.99. The van der Waals surface area contributed by atoms with Crippen LogP contribution in [0.25, 0.3) is 0 Å². The summed E-state index contributed by atoms with van der Waals surface area (Å²) >= 11 is 1.64. The Labute approximate surface area is 86.6 Å². The summed E-state index contributed by atoms with van der Waals surface area (Å²) in [6.07, 6.45) is 1.67. The molecule has 1 N–H and O–H groups in total. The summed E-state index contributed by atoms with van der Waals surface area (Å²) in [6, 6.07) is 11.0. The predicted octanol–water partition coefficient (Wildman–Crippen LogP) is 3.28. The van der Waals surface area contributed by atoms with Crippen molar-refractivity contribution in [2.24, 2.45) is 0 Å². The number of benzene rings is 1. The highest BCUT2D eigenvalue weighted by Gasteiger charge is 1.98. The molecule has 72 valence electrons. The van der Waals surface area contributed by atoms with Gasteiger partial charge in [-0.1, -0.05) is 6.07 Å². The van der Waals surface area contributed by atoms with Crippen molar-refractivity contribution in [1.29, 1.82) is 0 Å². The van der Waals surface area contributed by atoms with Crippen LogP contribution in [0.5, 0.6) is 5.75 Å². The number of hydrogen-bond acceptors (Lipinski definition) is 3. The van der Waals surface area contributed by atoms with Crippen LogP contribution in [0.2, 0.25) is 0 Å². The van der Waals surface area contributed by atoms with E-state index in [1.807, 2.05) is 24.3 Å². The van der Waals surface area contributed by atoms with E-state index in [4.69, 9.17) is 4.42 Å². The summed E-state index contributed by atoms with van der Waals surface area (Å²) in [5.41, 5.74) is 0. The smallest absolute Gasteiger partial charge is 0.116 e. The lowest BCUT2D eigenvalue weighted by molar-refractivity contribution is 0.474. The SMILES string of the molecule is Oc1cccc(SCc2ccco2)c1. The van der Waals surface area contributed by atoms with Gasteiger partial charge in [-0.15, -0.1) is 11.8 Å². The molecule has 0 fully saturated rings. The van der Waals surface area contributed by atoms with E-state index in [1.165, 1.54) is 0 Å². The Balaban J connectivity index is 1.98. The zero-order valence-electron chi connectivity index (χ0n) is 7.51. The molecule has 0 aliphatic rings. The highest BCUT2D eigenvalue weighted by molar-refractivity contribution is 7.98. The van der Waals surface area contributed by atoms with Crippen molar-refractivity contribution in [1.82, 2.24) is 0 Å². The molecule has 1 aromatic carbocycles. The van der Waals surface area contributed by atoms with Crippen LogP contribution >= 0.6 is 11.8 Å². The summed E-state index contributed by atoms with van der Waals surface area (Å²) in [4.78, 5) is 1.04. The van der Waals surface area contributed by atoms with Gasteiger partial charge in [0.2, 0.25) is 0 Å². The summed E-state index contributed by atoms with van der Waals surface area (Å²) in [5, 5.41) is 9.23. The number of furan rings is 1. The van der Waals surface area contributed by atoms with E-state index in [1.54, 1.807) is 30.2 Å². The maximum Gasteiger partial charge on any atom is 0.116 e. The lowest BCUT2D eigenvalue weighted by atomic mass is 10.3. The van der Waals surface area contributed by atoms with Crippen molar-refractivity contribution in [3.8, 4) is 5.75 Å². The van der Waals surface area contributed by atoms with Gasteiger partial charge in [0.05, 0.1) is 12.0 Å². The fourth-order valence-corrected chi connectivity index (χ4v) is 1.97. The average Bonchev–Trinajstić information content (AvgIpc) is 2.67. The minimum absolute atomic E-state index is 0.300. The molecule has 2 aromatic rings. The second-order valence-corrected chi connectivity index (χ2v) is 3.91. The maximum absolute atomic E-state index is 9.23. The molecule has 0 radical (unpaired) electrons. The second-order valence-electron chi connectivity index (χ2n) is 2.87. The predicted molar refractivity (Wildman–Crippen MR) is 56.4 cm³/mol. The third-order valence-electron chi connectivity index (χ3n) is 1.78. The first kappa shape index (κ1) is 9.21. The van der Waals surface area contributed by atoms with Crippen molar-refractivity contribution in [2.75, 3.05) is 0 Å². The molecule has 0 bridgehead atoms. The third-order valence-corrected chi connectivity index (χ3v) is 2.79. The van der Waals surface area contributed by atoms with E-state index in [2.05, 4.69) is 0 Å². The molecule has 0 aliphatic carbocycles. The Morgan fingerprint density at radius 2 is 2.14 bits per heavy atom. The average molecular weight is 206 g/mol. The summed E-state index contributed by atoms with van der Waals surface area (Å²) in [7, 11) is 0. The molecule has 0 spiro atoms. The number of rotatable bonds is 3. The molecule has 0 unspecified atom stereocenters. The molecular formula is C11H10O2S. The summed E-state index contributed by atoms with van der Waals surface area (Å²) < 4.78 is 5.20. The number of hydrogen-bond donors (Lipinski definition) is 1. The quantitative estimate of drug-likeness (QED) is 0.782. The van der Waals surface area contributed by atoms with Crippen molar-refractivity contribution < 1.29 is 9.52 Å². The third kappa shape index (κ3) is 2.33. The zero-order valence-corrected chi connectivity index (χ0v) is 8.33. The second kappa shape index (κ2) is 4.24. The highest BCUT2D eigenvalue weighted by atomic mass is 32.2. The van der Waals surface area contributed by atoms with Gasteiger partial charge in [-0.2, -0.15) is 0 Å². The van der Waals surface area contributed by atoms with E-state index in [0.717, 1.165) is 16.4 Å². The number of phenolic OH excluding ortho intramolecular Hbond substituents is 1. The Morgan fingerprint density at radius 1 is 1.21 bits per heavy atom. The van der Waals surface area contributed by atoms with Crippen molar-refractivity contribution in [3.05, 3.63) is 48.4 Å². The molecule has 0 amide bonds. The van der Waals surface area contributed by atoms with Crippen LogP contribution in [0.15, 0.2) is 52.0 Å². The van der Waals surface area contributed by atoms with Crippen LogP contribution in [-0.2, 0) is 5.75 Å². The minimum Gasteiger partial charge on any atom is -0.508 e.